The standard InChI is InChI=1S/C22H17N5O/c23-10-13-1-3-14(4-2-13)18-11-25-20(24)19(27-18)15-5-6-16-17(9-15)22(7-8-22)12-26-21(16)28/h1-6,9,11H,7-8,12H2,(H2,24,25)(H,26,28). The van der Waals surface area contributed by atoms with Gasteiger partial charge in [-0.15, -0.1) is 0 Å². The summed E-state index contributed by atoms with van der Waals surface area (Å²) in [6, 6.07) is 15.1. The average molecular weight is 367 g/mol. The molecule has 1 aliphatic carbocycles. The van der Waals surface area contributed by atoms with Crippen molar-refractivity contribution in [2.45, 2.75) is 18.3 Å². The molecule has 1 aliphatic heterocycles. The van der Waals surface area contributed by atoms with Crippen molar-refractivity contribution < 1.29 is 4.79 Å². The van der Waals surface area contributed by atoms with Crippen LogP contribution in [0.15, 0.2) is 48.7 Å². The van der Waals surface area contributed by atoms with Crippen molar-refractivity contribution in [3.63, 3.8) is 0 Å². The summed E-state index contributed by atoms with van der Waals surface area (Å²) in [5, 5.41) is 12.0. The molecule has 136 valence electrons. The predicted molar refractivity (Wildman–Crippen MR) is 105 cm³/mol. The Labute approximate surface area is 162 Å². The molecule has 5 rings (SSSR count). The highest BCUT2D eigenvalue weighted by atomic mass is 16.1. The summed E-state index contributed by atoms with van der Waals surface area (Å²) in [6.07, 6.45) is 3.79. The molecule has 3 aromatic rings. The molecular formula is C22H17N5O. The minimum Gasteiger partial charge on any atom is -0.382 e. The predicted octanol–water partition coefficient (Wildman–Crippen LogP) is 3.04. The molecular weight excluding hydrogens is 350 g/mol. The molecule has 1 fully saturated rings. The van der Waals surface area contributed by atoms with E-state index in [1.165, 1.54) is 0 Å². The molecule has 2 aromatic carbocycles. The number of benzene rings is 2. The summed E-state index contributed by atoms with van der Waals surface area (Å²) in [7, 11) is 0. The number of fused-ring (bicyclic) bond motifs is 2. The van der Waals surface area contributed by atoms with Crippen LogP contribution in [-0.4, -0.2) is 22.4 Å². The van der Waals surface area contributed by atoms with Crippen molar-refractivity contribution in [2.75, 3.05) is 12.3 Å². The topological polar surface area (TPSA) is 105 Å². The van der Waals surface area contributed by atoms with E-state index in [4.69, 9.17) is 16.0 Å². The Morgan fingerprint density at radius 3 is 2.57 bits per heavy atom. The summed E-state index contributed by atoms with van der Waals surface area (Å²) >= 11 is 0. The summed E-state index contributed by atoms with van der Waals surface area (Å²) in [5.74, 6) is 0.326. The van der Waals surface area contributed by atoms with Crippen molar-refractivity contribution >= 4 is 11.7 Å². The lowest BCUT2D eigenvalue weighted by Crippen LogP contribution is -2.39. The Morgan fingerprint density at radius 1 is 1.11 bits per heavy atom. The van der Waals surface area contributed by atoms with E-state index >= 15 is 0 Å². The number of carbonyl (C=O) groups is 1. The monoisotopic (exact) mass is 367 g/mol. The van der Waals surface area contributed by atoms with Crippen LogP contribution in [0.3, 0.4) is 0 Å². The molecule has 1 saturated carbocycles. The Balaban J connectivity index is 1.60. The summed E-state index contributed by atoms with van der Waals surface area (Å²) < 4.78 is 0. The van der Waals surface area contributed by atoms with Crippen LogP contribution in [0.2, 0.25) is 0 Å². The number of hydrogen-bond donors (Lipinski definition) is 2. The molecule has 2 aliphatic rings. The number of aromatic nitrogens is 2. The summed E-state index contributed by atoms with van der Waals surface area (Å²) in [5.41, 5.74) is 11.6. The van der Waals surface area contributed by atoms with Gasteiger partial charge in [-0.05, 0) is 42.7 Å². The van der Waals surface area contributed by atoms with Crippen LogP contribution in [-0.2, 0) is 5.41 Å². The van der Waals surface area contributed by atoms with Gasteiger partial charge in [0.25, 0.3) is 5.91 Å². The maximum atomic E-state index is 12.2. The van der Waals surface area contributed by atoms with Crippen molar-refractivity contribution in [3.8, 4) is 28.6 Å². The third kappa shape index (κ3) is 2.52. The highest BCUT2D eigenvalue weighted by molar-refractivity contribution is 5.98. The van der Waals surface area contributed by atoms with Crippen molar-refractivity contribution in [3.05, 3.63) is 65.4 Å². The van der Waals surface area contributed by atoms with Crippen LogP contribution in [0.5, 0.6) is 0 Å². The lowest BCUT2D eigenvalue weighted by atomic mass is 9.86. The molecule has 1 spiro atoms. The van der Waals surface area contributed by atoms with Gasteiger partial charge in [0.2, 0.25) is 0 Å². The van der Waals surface area contributed by atoms with E-state index in [2.05, 4.69) is 16.4 Å². The molecule has 0 saturated heterocycles. The molecule has 6 heteroatoms. The van der Waals surface area contributed by atoms with Crippen molar-refractivity contribution in [2.24, 2.45) is 0 Å². The Kier molecular flexibility index (Phi) is 3.46. The zero-order valence-corrected chi connectivity index (χ0v) is 15.1. The molecule has 0 atom stereocenters. The SMILES string of the molecule is N#Cc1ccc(-c2cnc(N)c(-c3ccc4c(c3)C3(CC3)CNC4=O)n2)cc1. The van der Waals surface area contributed by atoms with Crippen LogP contribution in [0.1, 0.15) is 34.3 Å². The van der Waals surface area contributed by atoms with E-state index in [1.54, 1.807) is 18.3 Å². The number of nitrogens with one attached hydrogen (secondary N) is 1. The molecule has 0 radical (unpaired) electrons. The van der Waals surface area contributed by atoms with E-state index in [1.807, 2.05) is 30.3 Å². The number of anilines is 1. The maximum Gasteiger partial charge on any atom is 0.251 e. The van der Waals surface area contributed by atoms with Gasteiger partial charge in [0, 0.05) is 28.7 Å². The molecule has 1 aromatic heterocycles. The number of rotatable bonds is 2. The Bertz CT molecular complexity index is 1160. The fourth-order valence-electron chi connectivity index (χ4n) is 3.83. The second kappa shape index (κ2) is 5.89. The normalized spacial score (nSPS) is 16.2. The first-order valence-corrected chi connectivity index (χ1v) is 9.16. The van der Waals surface area contributed by atoms with Gasteiger partial charge in [0.05, 0.1) is 23.5 Å². The van der Waals surface area contributed by atoms with Crippen LogP contribution in [0, 0.1) is 11.3 Å². The van der Waals surface area contributed by atoms with Crippen molar-refractivity contribution in [1.29, 1.82) is 5.26 Å². The molecule has 2 heterocycles. The van der Waals surface area contributed by atoms with Gasteiger partial charge in [0.1, 0.15) is 11.5 Å². The van der Waals surface area contributed by atoms with E-state index in [0.717, 1.165) is 35.1 Å². The van der Waals surface area contributed by atoms with Crippen LogP contribution in [0.4, 0.5) is 5.82 Å². The highest BCUT2D eigenvalue weighted by Crippen LogP contribution is 2.51. The summed E-state index contributed by atoms with van der Waals surface area (Å²) in [6.45, 7) is 0.689. The Morgan fingerprint density at radius 2 is 1.86 bits per heavy atom. The minimum atomic E-state index is -0.0236. The second-order valence-electron chi connectivity index (χ2n) is 7.40. The van der Waals surface area contributed by atoms with Gasteiger partial charge in [-0.2, -0.15) is 5.26 Å². The van der Waals surface area contributed by atoms with Gasteiger partial charge in [0.15, 0.2) is 0 Å². The number of hydrogen-bond acceptors (Lipinski definition) is 5. The lowest BCUT2D eigenvalue weighted by molar-refractivity contribution is 0.0937. The first-order chi connectivity index (χ1) is 13.6. The number of nitrogens with zero attached hydrogens (tertiary/aromatic N) is 3. The van der Waals surface area contributed by atoms with E-state index in [-0.39, 0.29) is 11.3 Å². The largest absolute Gasteiger partial charge is 0.382 e. The number of amides is 1. The van der Waals surface area contributed by atoms with Crippen LogP contribution >= 0.6 is 0 Å². The number of nitrogens with two attached hydrogens (primary N) is 1. The fraction of sp³-hybridized carbons (Fsp3) is 0.182. The first-order valence-electron chi connectivity index (χ1n) is 9.16. The fourth-order valence-corrected chi connectivity index (χ4v) is 3.83. The summed E-state index contributed by atoms with van der Waals surface area (Å²) in [4.78, 5) is 21.3. The highest BCUT2D eigenvalue weighted by Gasteiger charge is 2.48. The second-order valence-corrected chi connectivity index (χ2v) is 7.40. The molecule has 3 N–H and O–H groups in total. The van der Waals surface area contributed by atoms with Gasteiger partial charge in [-0.1, -0.05) is 18.2 Å². The van der Waals surface area contributed by atoms with Gasteiger partial charge < -0.3 is 11.1 Å². The molecule has 28 heavy (non-hydrogen) atoms. The first kappa shape index (κ1) is 16.5. The van der Waals surface area contributed by atoms with Crippen LogP contribution < -0.4 is 11.1 Å². The lowest BCUT2D eigenvalue weighted by Gasteiger charge is -2.26. The number of carbonyl (C=O) groups excluding carboxylic acids is 1. The van der Waals surface area contributed by atoms with Gasteiger partial charge in [-0.3, -0.25) is 4.79 Å². The van der Waals surface area contributed by atoms with Crippen molar-refractivity contribution in [1.82, 2.24) is 15.3 Å². The molecule has 6 nitrogen and oxygen atoms in total. The van der Waals surface area contributed by atoms with Gasteiger partial charge in [-0.25, -0.2) is 9.97 Å². The average Bonchev–Trinajstić information content (AvgIpc) is 3.52. The third-order valence-electron chi connectivity index (χ3n) is 5.66. The maximum absolute atomic E-state index is 12.2. The van der Waals surface area contributed by atoms with Gasteiger partial charge >= 0.3 is 0 Å². The number of nitriles is 1. The smallest absolute Gasteiger partial charge is 0.251 e. The number of nitrogen functional groups attached to an aromatic ring is 1. The van der Waals surface area contributed by atoms with E-state index in [0.29, 0.717) is 29.3 Å². The minimum absolute atomic E-state index is 0.0236. The zero-order chi connectivity index (χ0) is 19.3. The Hall–Kier alpha value is -3.72. The van der Waals surface area contributed by atoms with Crippen LogP contribution in [0.25, 0.3) is 22.5 Å². The molecule has 1 amide bonds. The van der Waals surface area contributed by atoms with E-state index < -0.39 is 0 Å². The molecule has 0 unspecified atom stereocenters. The van der Waals surface area contributed by atoms with E-state index in [9.17, 15) is 4.79 Å². The quantitative estimate of drug-likeness (QED) is 0.724. The molecule has 0 bridgehead atoms. The zero-order valence-electron chi connectivity index (χ0n) is 15.1. The third-order valence-corrected chi connectivity index (χ3v) is 5.66.